The number of halogens is 2. The zero-order valence-corrected chi connectivity index (χ0v) is 22.9. The molecule has 38 heavy (non-hydrogen) atoms. The molecule has 1 N–H and O–H groups in total. The highest BCUT2D eigenvalue weighted by Gasteiger charge is 2.37. The van der Waals surface area contributed by atoms with Crippen molar-refractivity contribution in [3.63, 3.8) is 0 Å². The number of rotatable bonds is 5. The summed E-state index contributed by atoms with van der Waals surface area (Å²) in [6.45, 7) is 4.02. The molecule has 5 rings (SSSR count). The van der Waals surface area contributed by atoms with Crippen LogP contribution in [0.15, 0.2) is 82.8 Å². The molecule has 0 spiro atoms. The van der Waals surface area contributed by atoms with E-state index in [-0.39, 0.29) is 12.2 Å². The summed E-state index contributed by atoms with van der Waals surface area (Å²) in [5.41, 5.74) is 3.29. The molecule has 0 saturated carbocycles. The van der Waals surface area contributed by atoms with Crippen molar-refractivity contribution in [3.05, 3.63) is 110 Å². The minimum Gasteiger partial charge on any atom is -0.488 e. The molecule has 1 saturated heterocycles. The third-order valence-corrected chi connectivity index (χ3v) is 7.40. The van der Waals surface area contributed by atoms with Crippen molar-refractivity contribution >= 4 is 67.9 Å². The minimum atomic E-state index is -0.834. The first kappa shape index (κ1) is 25.7. The summed E-state index contributed by atoms with van der Waals surface area (Å²) in [5, 5.41) is 4.86. The van der Waals surface area contributed by atoms with Gasteiger partial charge in [0.15, 0.2) is 0 Å². The average molecular weight is 590 g/mol. The van der Waals surface area contributed by atoms with Gasteiger partial charge in [0.1, 0.15) is 17.9 Å². The highest BCUT2D eigenvalue weighted by atomic mass is 79.9. The molecule has 0 unspecified atom stereocenters. The van der Waals surface area contributed by atoms with Crippen LogP contribution >= 0.6 is 27.5 Å². The van der Waals surface area contributed by atoms with Gasteiger partial charge in [0.25, 0.3) is 11.8 Å². The number of nitrogens with one attached hydrogen (secondary N) is 1. The molecule has 190 valence electrons. The number of fused-ring (bicyclic) bond motifs is 1. The van der Waals surface area contributed by atoms with Gasteiger partial charge in [-0.3, -0.25) is 14.9 Å². The van der Waals surface area contributed by atoms with Gasteiger partial charge in [0.05, 0.1) is 5.69 Å². The summed E-state index contributed by atoms with van der Waals surface area (Å²) in [6.07, 6.45) is 1.44. The number of amides is 4. The lowest BCUT2D eigenvalue weighted by molar-refractivity contribution is -0.122. The lowest BCUT2D eigenvalue weighted by Crippen LogP contribution is -2.54. The largest absolute Gasteiger partial charge is 0.488 e. The van der Waals surface area contributed by atoms with E-state index in [9.17, 15) is 14.4 Å². The fraction of sp³-hybridized carbons (Fsp3) is 0.100. The van der Waals surface area contributed by atoms with E-state index in [2.05, 4.69) is 45.5 Å². The maximum Gasteiger partial charge on any atom is 0.335 e. The van der Waals surface area contributed by atoms with Crippen LogP contribution in [0, 0.1) is 13.8 Å². The first-order valence-corrected chi connectivity index (χ1v) is 13.0. The second-order valence-electron chi connectivity index (χ2n) is 8.89. The van der Waals surface area contributed by atoms with E-state index in [0.29, 0.717) is 27.6 Å². The number of hydrogen-bond donors (Lipinski definition) is 1. The number of benzene rings is 4. The number of ether oxygens (including phenoxy) is 1. The Morgan fingerprint density at radius 3 is 2.58 bits per heavy atom. The highest BCUT2D eigenvalue weighted by Crippen LogP contribution is 2.32. The second-order valence-corrected chi connectivity index (χ2v) is 10.2. The quantitative estimate of drug-likeness (QED) is 0.199. The zero-order chi connectivity index (χ0) is 27.0. The lowest BCUT2D eigenvalue weighted by atomic mass is 10.0. The third kappa shape index (κ3) is 4.83. The van der Waals surface area contributed by atoms with Crippen LogP contribution in [0.4, 0.5) is 10.5 Å². The highest BCUT2D eigenvalue weighted by molar-refractivity contribution is 9.10. The first-order chi connectivity index (χ1) is 18.2. The Hall–Kier alpha value is -3.94. The number of nitrogens with zero attached hydrogens (tertiary/aromatic N) is 1. The number of imide groups is 2. The van der Waals surface area contributed by atoms with Gasteiger partial charge in [-0.2, -0.15) is 0 Å². The molecule has 0 radical (unpaired) electrons. The van der Waals surface area contributed by atoms with Gasteiger partial charge in [-0.1, -0.05) is 70.0 Å². The van der Waals surface area contributed by atoms with E-state index in [1.165, 1.54) is 6.08 Å². The van der Waals surface area contributed by atoms with Crippen molar-refractivity contribution in [1.82, 2.24) is 5.32 Å². The summed E-state index contributed by atoms with van der Waals surface area (Å²) >= 11 is 9.68. The van der Waals surface area contributed by atoms with Crippen LogP contribution in [0.25, 0.3) is 16.8 Å². The van der Waals surface area contributed by atoms with Gasteiger partial charge in [0, 0.05) is 20.6 Å². The topological polar surface area (TPSA) is 75.7 Å². The van der Waals surface area contributed by atoms with E-state index in [0.717, 1.165) is 31.3 Å². The molecule has 1 aliphatic rings. The molecule has 4 aromatic carbocycles. The van der Waals surface area contributed by atoms with Crippen LogP contribution in [0.5, 0.6) is 5.75 Å². The number of anilines is 1. The van der Waals surface area contributed by atoms with Crippen LogP contribution in [0.2, 0.25) is 5.02 Å². The second kappa shape index (κ2) is 10.4. The van der Waals surface area contributed by atoms with Crippen LogP contribution < -0.4 is 15.0 Å². The summed E-state index contributed by atoms with van der Waals surface area (Å²) in [7, 11) is 0. The molecule has 1 fully saturated rings. The fourth-order valence-electron chi connectivity index (χ4n) is 4.42. The van der Waals surface area contributed by atoms with Crippen LogP contribution in [-0.2, 0) is 16.2 Å². The van der Waals surface area contributed by atoms with E-state index in [1.54, 1.807) is 37.3 Å². The van der Waals surface area contributed by atoms with Gasteiger partial charge in [-0.05, 0) is 72.2 Å². The average Bonchev–Trinajstić information content (AvgIpc) is 2.89. The maximum atomic E-state index is 13.5. The SMILES string of the molecule is Cc1ccc2ccccc2c1COc1ccc(Br)cc1/C=C1\C(=O)NC(=O)N(c2cccc(Cl)c2C)C1=O. The molecule has 0 atom stereocenters. The Morgan fingerprint density at radius 2 is 1.76 bits per heavy atom. The van der Waals surface area contributed by atoms with Crippen LogP contribution in [-0.4, -0.2) is 17.8 Å². The Labute approximate surface area is 233 Å². The number of hydrogen-bond acceptors (Lipinski definition) is 4. The molecule has 0 aliphatic carbocycles. The summed E-state index contributed by atoms with van der Waals surface area (Å²) in [5.74, 6) is -1.05. The van der Waals surface area contributed by atoms with Crippen LogP contribution in [0.3, 0.4) is 0 Å². The number of urea groups is 1. The minimum absolute atomic E-state index is 0.201. The van der Waals surface area contributed by atoms with Crippen molar-refractivity contribution in [2.75, 3.05) is 4.90 Å². The predicted octanol–water partition coefficient (Wildman–Crippen LogP) is 7.12. The first-order valence-electron chi connectivity index (χ1n) is 11.8. The van der Waals surface area contributed by atoms with E-state index < -0.39 is 17.8 Å². The fourth-order valence-corrected chi connectivity index (χ4v) is 4.97. The zero-order valence-electron chi connectivity index (χ0n) is 20.5. The molecule has 0 bridgehead atoms. The molecule has 6 nitrogen and oxygen atoms in total. The molecule has 4 amide bonds. The molecule has 4 aromatic rings. The van der Waals surface area contributed by atoms with Gasteiger partial charge < -0.3 is 4.74 Å². The van der Waals surface area contributed by atoms with Crippen molar-refractivity contribution in [3.8, 4) is 5.75 Å². The van der Waals surface area contributed by atoms with Gasteiger partial charge in [-0.25, -0.2) is 9.69 Å². The molecular weight excluding hydrogens is 568 g/mol. The summed E-state index contributed by atoms with van der Waals surface area (Å²) in [4.78, 5) is 39.8. The molecule has 0 aromatic heterocycles. The van der Waals surface area contributed by atoms with Gasteiger partial charge >= 0.3 is 6.03 Å². The molecular formula is C30H22BrClN2O4. The molecule has 8 heteroatoms. The smallest absolute Gasteiger partial charge is 0.335 e. The molecule has 1 aliphatic heterocycles. The normalized spacial score (nSPS) is 14.8. The van der Waals surface area contributed by atoms with Gasteiger partial charge in [0.2, 0.25) is 0 Å². The lowest BCUT2D eigenvalue weighted by Gasteiger charge is -2.28. The van der Waals surface area contributed by atoms with Crippen LogP contribution in [0.1, 0.15) is 22.3 Å². The Kier molecular flexibility index (Phi) is 7.06. The Bertz CT molecular complexity index is 1660. The summed E-state index contributed by atoms with van der Waals surface area (Å²) in [6, 6.07) is 21.6. The monoisotopic (exact) mass is 588 g/mol. The number of carbonyl (C=O) groups excluding carboxylic acids is 3. The van der Waals surface area contributed by atoms with Gasteiger partial charge in [-0.15, -0.1) is 0 Å². The van der Waals surface area contributed by atoms with E-state index in [1.807, 2.05) is 25.1 Å². The Morgan fingerprint density at radius 1 is 0.974 bits per heavy atom. The number of aryl methyl sites for hydroxylation is 1. The summed E-state index contributed by atoms with van der Waals surface area (Å²) < 4.78 is 6.98. The third-order valence-electron chi connectivity index (χ3n) is 6.50. The van der Waals surface area contributed by atoms with Crippen molar-refractivity contribution in [2.45, 2.75) is 20.5 Å². The van der Waals surface area contributed by atoms with Crippen molar-refractivity contribution in [1.29, 1.82) is 0 Å². The van der Waals surface area contributed by atoms with Crippen molar-refractivity contribution < 1.29 is 19.1 Å². The molecule has 1 heterocycles. The van der Waals surface area contributed by atoms with E-state index >= 15 is 0 Å². The maximum absolute atomic E-state index is 13.5. The number of carbonyl (C=O) groups is 3. The standard InChI is InChI=1S/C30H22BrClN2O4/c1-17-10-11-19-6-3-4-7-22(19)24(17)16-38-27-13-12-21(31)14-20(27)15-23-28(35)33-30(37)34(29(23)36)26-9-5-8-25(32)18(26)2/h3-15H,16H2,1-2H3,(H,33,35,37)/b23-15+. The number of barbiturate groups is 1. The van der Waals surface area contributed by atoms with Crippen molar-refractivity contribution in [2.24, 2.45) is 0 Å². The predicted molar refractivity (Wildman–Crippen MR) is 152 cm³/mol. The Balaban J connectivity index is 1.52. The van der Waals surface area contributed by atoms with E-state index in [4.69, 9.17) is 16.3 Å².